The minimum absolute atomic E-state index is 0.216. The topological polar surface area (TPSA) is 105 Å². The van der Waals surface area contributed by atoms with E-state index in [0.717, 1.165) is 18.9 Å². The molecule has 0 fully saturated rings. The van der Waals surface area contributed by atoms with Crippen LogP contribution in [0.2, 0.25) is 0 Å². The third-order valence-corrected chi connectivity index (χ3v) is 5.46. The molecular weight excluding hydrogens is 396 g/mol. The van der Waals surface area contributed by atoms with Gasteiger partial charge < -0.3 is 14.6 Å². The van der Waals surface area contributed by atoms with Gasteiger partial charge in [-0.05, 0) is 44.1 Å². The largest absolute Gasteiger partial charge is 0.507 e. The van der Waals surface area contributed by atoms with Crippen LogP contribution in [0.5, 0.6) is 5.75 Å². The molecular formula is C25H36O6. The van der Waals surface area contributed by atoms with Crippen LogP contribution in [0.3, 0.4) is 0 Å². The van der Waals surface area contributed by atoms with E-state index >= 15 is 0 Å². The van der Waals surface area contributed by atoms with Crippen molar-refractivity contribution in [3.63, 3.8) is 0 Å². The van der Waals surface area contributed by atoms with E-state index in [2.05, 4.69) is 13.8 Å². The van der Waals surface area contributed by atoms with E-state index in [1.165, 1.54) is 37.8 Å². The number of unbranched alkanes of at least 4 members (excludes halogenated alkanes) is 2. The molecule has 0 spiro atoms. The van der Waals surface area contributed by atoms with Gasteiger partial charge in [0.15, 0.2) is 5.78 Å². The van der Waals surface area contributed by atoms with Crippen LogP contribution in [0.25, 0.3) is 0 Å². The van der Waals surface area contributed by atoms with Gasteiger partial charge in [-0.3, -0.25) is 4.79 Å². The molecule has 1 aromatic heterocycles. The molecule has 2 N–H and O–H groups in total. The zero-order valence-electron chi connectivity index (χ0n) is 19.1. The molecule has 0 radical (unpaired) electrons. The van der Waals surface area contributed by atoms with Crippen molar-refractivity contribution in [2.75, 3.05) is 0 Å². The van der Waals surface area contributed by atoms with E-state index in [1.807, 2.05) is 6.08 Å². The summed E-state index contributed by atoms with van der Waals surface area (Å²) in [6, 6.07) is 1.31. The van der Waals surface area contributed by atoms with Gasteiger partial charge in [0.1, 0.15) is 17.1 Å². The predicted molar refractivity (Wildman–Crippen MR) is 122 cm³/mol. The van der Waals surface area contributed by atoms with E-state index in [0.29, 0.717) is 24.3 Å². The average Bonchev–Trinajstić information content (AvgIpc) is 2.70. The first kappa shape index (κ1) is 26.4. The Morgan fingerprint density at radius 2 is 1.84 bits per heavy atom. The van der Waals surface area contributed by atoms with Crippen molar-refractivity contribution >= 4 is 11.8 Å². The van der Waals surface area contributed by atoms with Gasteiger partial charge in [0.25, 0.3) is 0 Å². The second kappa shape index (κ2) is 13.6. The number of allylic oxidation sites excluding steroid dienone is 3. The van der Waals surface area contributed by atoms with Gasteiger partial charge in [-0.25, -0.2) is 9.59 Å². The van der Waals surface area contributed by atoms with Gasteiger partial charge in [-0.15, -0.1) is 0 Å². The second-order valence-corrected chi connectivity index (χ2v) is 8.31. The number of carbonyl (C=O) groups is 2. The third-order valence-electron chi connectivity index (χ3n) is 5.46. The van der Waals surface area contributed by atoms with Crippen molar-refractivity contribution in [1.29, 1.82) is 0 Å². The molecule has 6 nitrogen and oxygen atoms in total. The number of Topliss-reactive ketones (excluding diaryl/α,β-unsaturated/α-hetero) is 1. The smallest absolute Gasteiger partial charge is 0.351 e. The number of carbonyl (C=O) groups excluding carboxylic acids is 1. The molecule has 1 rings (SSSR count). The summed E-state index contributed by atoms with van der Waals surface area (Å²) in [4.78, 5) is 35.6. The van der Waals surface area contributed by atoms with Gasteiger partial charge in [0.2, 0.25) is 0 Å². The first-order valence-corrected chi connectivity index (χ1v) is 11.1. The van der Waals surface area contributed by atoms with Gasteiger partial charge in [0, 0.05) is 18.1 Å². The predicted octanol–water partition coefficient (Wildman–Crippen LogP) is 6.00. The Hall–Kier alpha value is -2.63. The maximum atomic E-state index is 12.7. The minimum atomic E-state index is -1.02. The second-order valence-electron chi connectivity index (χ2n) is 8.31. The van der Waals surface area contributed by atoms with E-state index in [-0.39, 0.29) is 23.0 Å². The number of hydrogen-bond donors (Lipinski definition) is 2. The lowest BCUT2D eigenvalue weighted by Crippen LogP contribution is -2.16. The van der Waals surface area contributed by atoms with Crippen molar-refractivity contribution in [3.8, 4) is 5.75 Å². The Balaban J connectivity index is 2.77. The maximum absolute atomic E-state index is 12.7. The molecule has 6 heteroatoms. The number of carboxylic acid groups (broad SMARTS) is 1. The Labute approximate surface area is 184 Å². The third kappa shape index (κ3) is 9.37. The highest BCUT2D eigenvalue weighted by Gasteiger charge is 2.22. The fraction of sp³-hybridized carbons (Fsp3) is 0.560. The van der Waals surface area contributed by atoms with Crippen LogP contribution in [0.4, 0.5) is 0 Å². The fourth-order valence-electron chi connectivity index (χ4n) is 3.38. The molecule has 0 aliphatic rings. The molecule has 0 aliphatic heterocycles. The summed E-state index contributed by atoms with van der Waals surface area (Å²) >= 11 is 0. The van der Waals surface area contributed by atoms with Gasteiger partial charge in [-0.2, -0.15) is 0 Å². The van der Waals surface area contributed by atoms with E-state index in [9.17, 15) is 19.5 Å². The van der Waals surface area contributed by atoms with Crippen LogP contribution < -0.4 is 5.63 Å². The quantitative estimate of drug-likeness (QED) is 0.212. The molecule has 2 unspecified atom stereocenters. The van der Waals surface area contributed by atoms with Crippen LogP contribution in [0, 0.1) is 5.92 Å². The van der Waals surface area contributed by atoms with Gasteiger partial charge in [-0.1, -0.05) is 58.6 Å². The van der Waals surface area contributed by atoms with Crippen molar-refractivity contribution in [2.45, 2.75) is 85.0 Å². The molecule has 2 atom stereocenters. The molecule has 0 saturated carbocycles. The zero-order valence-corrected chi connectivity index (χ0v) is 19.1. The van der Waals surface area contributed by atoms with Crippen molar-refractivity contribution < 1.29 is 24.2 Å². The molecule has 0 aromatic carbocycles. The Morgan fingerprint density at radius 1 is 1.13 bits per heavy atom. The molecule has 31 heavy (non-hydrogen) atoms. The molecule has 0 aliphatic carbocycles. The molecule has 0 bridgehead atoms. The lowest BCUT2D eigenvalue weighted by atomic mass is 9.96. The normalized spacial score (nSPS) is 14.0. The van der Waals surface area contributed by atoms with Crippen LogP contribution in [-0.4, -0.2) is 22.0 Å². The summed E-state index contributed by atoms with van der Waals surface area (Å²) in [5.41, 5.74) is -0.775. The highest BCUT2D eigenvalue weighted by atomic mass is 16.4. The van der Waals surface area contributed by atoms with Crippen LogP contribution in [0.1, 0.15) is 101 Å². The first-order chi connectivity index (χ1) is 14.7. The summed E-state index contributed by atoms with van der Waals surface area (Å²) in [5, 5.41) is 18.9. The number of aliphatic carboxylic acids is 1. The first-order valence-electron chi connectivity index (χ1n) is 11.1. The lowest BCUT2D eigenvalue weighted by molar-refractivity contribution is -0.131. The number of aromatic hydroxyl groups is 1. The van der Waals surface area contributed by atoms with Crippen LogP contribution >= 0.6 is 0 Å². The SMILES string of the molecule is CCCCCC(C)CCC=C(C)C(=O)c1c(O)cc(C(C)CCC=CC(=O)O)oc1=O. The van der Waals surface area contributed by atoms with E-state index < -0.39 is 17.4 Å². The van der Waals surface area contributed by atoms with Gasteiger partial charge >= 0.3 is 11.6 Å². The highest BCUT2D eigenvalue weighted by molar-refractivity contribution is 6.09. The molecule has 1 heterocycles. The van der Waals surface area contributed by atoms with Crippen LogP contribution in [-0.2, 0) is 4.79 Å². The molecule has 0 amide bonds. The fourth-order valence-corrected chi connectivity index (χ4v) is 3.38. The zero-order chi connectivity index (χ0) is 23.4. The monoisotopic (exact) mass is 432 g/mol. The van der Waals surface area contributed by atoms with E-state index in [4.69, 9.17) is 9.52 Å². The Morgan fingerprint density at radius 3 is 2.45 bits per heavy atom. The minimum Gasteiger partial charge on any atom is -0.507 e. The van der Waals surface area contributed by atoms with Gasteiger partial charge in [0.05, 0.1) is 0 Å². The maximum Gasteiger partial charge on any atom is 0.351 e. The summed E-state index contributed by atoms with van der Waals surface area (Å²) in [7, 11) is 0. The highest BCUT2D eigenvalue weighted by Crippen LogP contribution is 2.26. The summed E-state index contributed by atoms with van der Waals surface area (Å²) in [6.07, 6.45) is 12.0. The molecule has 0 saturated heterocycles. The van der Waals surface area contributed by atoms with Crippen molar-refractivity contribution in [2.24, 2.45) is 5.92 Å². The Bertz CT molecular complexity index is 846. The van der Waals surface area contributed by atoms with Crippen LogP contribution in [0.15, 0.2) is 39.1 Å². The number of rotatable bonds is 14. The number of carboxylic acids is 1. The summed E-state index contributed by atoms with van der Waals surface area (Å²) in [6.45, 7) is 7.84. The standard InChI is InChI=1S/C25H36O6/c1-5-6-7-11-17(2)12-10-14-19(4)24(29)23-20(26)16-21(31-25(23)30)18(3)13-8-9-15-22(27)28/h9,14-18,26H,5-8,10-13H2,1-4H3,(H,27,28). The van der Waals surface area contributed by atoms with Crippen molar-refractivity contribution in [3.05, 3.63) is 51.6 Å². The van der Waals surface area contributed by atoms with E-state index in [1.54, 1.807) is 13.8 Å². The number of ketones is 1. The molecule has 172 valence electrons. The number of hydrogen-bond acceptors (Lipinski definition) is 5. The molecule has 1 aromatic rings. The van der Waals surface area contributed by atoms with Crippen molar-refractivity contribution in [1.82, 2.24) is 0 Å². The average molecular weight is 433 g/mol. The lowest BCUT2D eigenvalue weighted by Gasteiger charge is -2.11. The Kier molecular flexibility index (Phi) is 11.6. The summed E-state index contributed by atoms with van der Waals surface area (Å²) < 4.78 is 5.29. The summed E-state index contributed by atoms with van der Waals surface area (Å²) in [5.74, 6) is -1.29.